The van der Waals surface area contributed by atoms with Crippen molar-refractivity contribution in [2.24, 2.45) is 0 Å². The summed E-state index contributed by atoms with van der Waals surface area (Å²) in [4.78, 5) is 26.5. The fraction of sp³-hybridized carbons (Fsp3) is 0.409. The molecule has 3 heterocycles. The molecule has 1 amide bonds. The van der Waals surface area contributed by atoms with Gasteiger partial charge in [-0.1, -0.05) is 6.07 Å². The van der Waals surface area contributed by atoms with Crippen LogP contribution in [0.15, 0.2) is 51.5 Å². The zero-order valence-corrected chi connectivity index (χ0v) is 19.6. The summed E-state index contributed by atoms with van der Waals surface area (Å²) in [6.45, 7) is 1.56. The van der Waals surface area contributed by atoms with E-state index in [-0.39, 0.29) is 35.6 Å². The minimum Gasteiger partial charge on any atom is -0.350 e. The van der Waals surface area contributed by atoms with Crippen molar-refractivity contribution >= 4 is 27.3 Å². The second-order valence-electron chi connectivity index (χ2n) is 8.30. The molecule has 2 aromatic heterocycles. The van der Waals surface area contributed by atoms with Gasteiger partial charge in [-0.25, -0.2) is 17.9 Å². The summed E-state index contributed by atoms with van der Waals surface area (Å²) >= 11 is 1.54. The summed E-state index contributed by atoms with van der Waals surface area (Å²) in [7, 11) is -3.51. The standard InChI is InChI=1S/C22H25N5O4S2/c28-21(16-5-9-18(10-6-16)33(30,31)25-12-1-2-13-25)23-11-14-26-22(29)27(17-7-8-17)20(24-26)19-4-3-15-32-19/h3-6,9-10,15,17H,1-2,7-8,11-14H2,(H,23,28). The number of amides is 1. The predicted molar refractivity (Wildman–Crippen MR) is 125 cm³/mol. The van der Waals surface area contributed by atoms with Gasteiger partial charge in [0.25, 0.3) is 5.91 Å². The highest BCUT2D eigenvalue weighted by Crippen LogP contribution is 2.37. The number of aromatic nitrogens is 3. The van der Waals surface area contributed by atoms with Gasteiger partial charge in [0.05, 0.1) is 16.3 Å². The van der Waals surface area contributed by atoms with Crippen LogP contribution in [0.25, 0.3) is 10.7 Å². The number of sulfonamides is 1. The largest absolute Gasteiger partial charge is 0.350 e. The van der Waals surface area contributed by atoms with Crippen LogP contribution >= 0.6 is 11.3 Å². The number of rotatable bonds is 8. The lowest BCUT2D eigenvalue weighted by Gasteiger charge is -2.15. The van der Waals surface area contributed by atoms with Gasteiger partial charge < -0.3 is 5.32 Å². The number of hydrogen-bond acceptors (Lipinski definition) is 6. The highest BCUT2D eigenvalue weighted by molar-refractivity contribution is 7.89. The quantitative estimate of drug-likeness (QED) is 0.525. The molecule has 0 unspecified atom stereocenters. The van der Waals surface area contributed by atoms with E-state index in [1.807, 2.05) is 17.5 Å². The van der Waals surface area contributed by atoms with Crippen LogP contribution in [0, 0.1) is 0 Å². The van der Waals surface area contributed by atoms with Gasteiger partial charge in [0, 0.05) is 31.2 Å². The third-order valence-corrected chi connectivity index (χ3v) is 8.73. The molecule has 3 aromatic rings. The van der Waals surface area contributed by atoms with E-state index in [1.54, 1.807) is 15.9 Å². The molecule has 1 aliphatic carbocycles. The Kier molecular flexibility index (Phi) is 5.94. The van der Waals surface area contributed by atoms with Crippen molar-refractivity contribution in [1.82, 2.24) is 24.0 Å². The van der Waals surface area contributed by atoms with E-state index in [4.69, 9.17) is 0 Å². The Morgan fingerprint density at radius 2 is 1.85 bits per heavy atom. The molecule has 2 aliphatic rings. The number of benzene rings is 1. The van der Waals surface area contributed by atoms with Crippen LogP contribution in [-0.2, 0) is 16.6 Å². The molecule has 1 aliphatic heterocycles. The number of nitrogens with zero attached hydrogens (tertiary/aromatic N) is 4. The molecule has 2 fully saturated rings. The lowest BCUT2D eigenvalue weighted by atomic mass is 10.2. The van der Waals surface area contributed by atoms with Gasteiger partial charge in [0.2, 0.25) is 10.0 Å². The van der Waals surface area contributed by atoms with Crippen molar-refractivity contribution in [2.45, 2.75) is 43.2 Å². The second kappa shape index (κ2) is 8.88. The molecule has 5 rings (SSSR count). The Balaban J connectivity index is 1.23. The molecule has 33 heavy (non-hydrogen) atoms. The molecule has 0 radical (unpaired) electrons. The van der Waals surface area contributed by atoms with Gasteiger partial charge in [0.15, 0.2) is 5.82 Å². The topological polar surface area (TPSA) is 106 Å². The Morgan fingerprint density at radius 1 is 1.12 bits per heavy atom. The lowest BCUT2D eigenvalue weighted by Crippen LogP contribution is -2.32. The van der Waals surface area contributed by atoms with Crippen LogP contribution in [0.1, 0.15) is 42.1 Å². The van der Waals surface area contributed by atoms with Crippen LogP contribution in [0.3, 0.4) is 0 Å². The third-order valence-electron chi connectivity index (χ3n) is 5.95. The minimum absolute atomic E-state index is 0.161. The first-order valence-corrected chi connectivity index (χ1v) is 13.4. The molecule has 174 valence electrons. The molecule has 1 N–H and O–H groups in total. The summed E-state index contributed by atoms with van der Waals surface area (Å²) in [6, 6.07) is 10.1. The summed E-state index contributed by atoms with van der Waals surface area (Å²) in [5.41, 5.74) is 0.206. The predicted octanol–water partition coefficient (Wildman–Crippen LogP) is 2.32. The van der Waals surface area contributed by atoms with Gasteiger partial charge in [-0.15, -0.1) is 16.4 Å². The Bertz CT molecular complexity index is 1300. The van der Waals surface area contributed by atoms with E-state index in [0.717, 1.165) is 30.6 Å². The lowest BCUT2D eigenvalue weighted by molar-refractivity contribution is 0.0951. The molecular formula is C22H25N5O4S2. The average molecular weight is 488 g/mol. The van der Waals surface area contributed by atoms with E-state index in [2.05, 4.69) is 10.4 Å². The van der Waals surface area contributed by atoms with E-state index in [0.29, 0.717) is 24.5 Å². The highest BCUT2D eigenvalue weighted by Gasteiger charge is 2.31. The summed E-state index contributed by atoms with van der Waals surface area (Å²) in [5, 5.41) is 9.26. The maximum atomic E-state index is 12.8. The SMILES string of the molecule is O=C(NCCn1nc(-c2cccs2)n(C2CC2)c1=O)c1ccc(S(=O)(=O)N2CCCC2)cc1. The zero-order valence-electron chi connectivity index (χ0n) is 18.0. The van der Waals surface area contributed by atoms with Crippen molar-refractivity contribution < 1.29 is 13.2 Å². The van der Waals surface area contributed by atoms with E-state index < -0.39 is 10.0 Å². The smallest absolute Gasteiger partial charge is 0.346 e. The first-order valence-electron chi connectivity index (χ1n) is 11.1. The molecule has 0 bridgehead atoms. The van der Waals surface area contributed by atoms with Crippen LogP contribution in [0.5, 0.6) is 0 Å². The highest BCUT2D eigenvalue weighted by atomic mass is 32.2. The number of nitrogens with one attached hydrogen (secondary N) is 1. The maximum absolute atomic E-state index is 12.8. The van der Waals surface area contributed by atoms with Crippen LogP contribution in [0.2, 0.25) is 0 Å². The summed E-state index contributed by atoms with van der Waals surface area (Å²) in [6.07, 6.45) is 3.70. The zero-order chi connectivity index (χ0) is 23.0. The molecule has 1 saturated heterocycles. The molecule has 1 aromatic carbocycles. The van der Waals surface area contributed by atoms with Crippen LogP contribution < -0.4 is 11.0 Å². The van der Waals surface area contributed by atoms with Gasteiger partial charge in [0.1, 0.15) is 0 Å². The molecule has 9 nitrogen and oxygen atoms in total. The van der Waals surface area contributed by atoms with Crippen LogP contribution in [-0.4, -0.2) is 52.6 Å². The monoisotopic (exact) mass is 487 g/mol. The molecule has 0 spiro atoms. The molecular weight excluding hydrogens is 462 g/mol. The van der Waals surface area contributed by atoms with Crippen molar-refractivity contribution in [3.63, 3.8) is 0 Å². The van der Waals surface area contributed by atoms with E-state index in [1.165, 1.54) is 33.3 Å². The van der Waals surface area contributed by atoms with Gasteiger partial charge in [-0.3, -0.25) is 9.36 Å². The second-order valence-corrected chi connectivity index (χ2v) is 11.2. The molecule has 11 heteroatoms. The van der Waals surface area contributed by atoms with E-state index >= 15 is 0 Å². The van der Waals surface area contributed by atoms with E-state index in [9.17, 15) is 18.0 Å². The van der Waals surface area contributed by atoms with Crippen molar-refractivity contribution in [3.05, 3.63) is 57.8 Å². The van der Waals surface area contributed by atoms with Gasteiger partial charge in [-0.2, -0.15) is 4.31 Å². The maximum Gasteiger partial charge on any atom is 0.346 e. The van der Waals surface area contributed by atoms with Gasteiger partial charge in [-0.05, 0) is 61.4 Å². The fourth-order valence-corrected chi connectivity index (χ4v) is 6.26. The molecule has 1 saturated carbocycles. The number of carbonyl (C=O) groups excluding carboxylic acids is 1. The number of carbonyl (C=O) groups is 1. The van der Waals surface area contributed by atoms with Gasteiger partial charge >= 0.3 is 5.69 Å². The Hall–Kier alpha value is -2.76. The summed E-state index contributed by atoms with van der Waals surface area (Å²) in [5.74, 6) is 0.354. The van der Waals surface area contributed by atoms with Crippen LogP contribution in [0.4, 0.5) is 0 Å². The summed E-state index contributed by atoms with van der Waals surface area (Å²) < 4.78 is 29.9. The Morgan fingerprint density at radius 3 is 2.48 bits per heavy atom. The Labute approximate surface area is 195 Å². The normalized spacial score (nSPS) is 16.8. The average Bonchev–Trinajstić information content (AvgIpc) is 3.23. The van der Waals surface area contributed by atoms with Crippen molar-refractivity contribution in [1.29, 1.82) is 0 Å². The molecule has 0 atom stereocenters. The fourth-order valence-electron chi connectivity index (χ4n) is 4.03. The first-order chi connectivity index (χ1) is 15.9. The first kappa shape index (κ1) is 22.1. The van der Waals surface area contributed by atoms with Crippen molar-refractivity contribution in [3.8, 4) is 10.7 Å². The number of hydrogen-bond donors (Lipinski definition) is 1. The number of thiophene rings is 1. The van der Waals surface area contributed by atoms with Crippen molar-refractivity contribution in [2.75, 3.05) is 19.6 Å². The third kappa shape index (κ3) is 4.40. The minimum atomic E-state index is -3.51.